The van der Waals surface area contributed by atoms with Crippen LogP contribution in [-0.4, -0.2) is 40.4 Å². The maximum atomic E-state index is 4.80. The molecule has 0 saturated carbocycles. The van der Waals surface area contributed by atoms with Crippen LogP contribution in [0.5, 0.6) is 0 Å². The predicted octanol–water partition coefficient (Wildman–Crippen LogP) is 3.75. The van der Waals surface area contributed by atoms with Gasteiger partial charge in [0.15, 0.2) is 5.96 Å². The quantitative estimate of drug-likeness (QED) is 0.299. The van der Waals surface area contributed by atoms with Crippen molar-refractivity contribution in [3.05, 3.63) is 46.5 Å². The molecular weight excluding hydrogens is 519 g/mol. The van der Waals surface area contributed by atoms with Crippen LogP contribution in [0.25, 0.3) is 0 Å². The van der Waals surface area contributed by atoms with Gasteiger partial charge >= 0.3 is 0 Å². The van der Waals surface area contributed by atoms with Crippen molar-refractivity contribution >= 4 is 45.9 Å². The summed E-state index contributed by atoms with van der Waals surface area (Å²) in [5.41, 5.74) is 1.20. The topological polar surface area (TPSA) is 67.1 Å². The molecule has 6 nitrogen and oxygen atoms in total. The maximum absolute atomic E-state index is 4.80. The van der Waals surface area contributed by atoms with E-state index in [0.717, 1.165) is 42.3 Å². The van der Waals surface area contributed by atoms with Gasteiger partial charge < -0.3 is 15.2 Å². The Kier molecular flexibility index (Phi) is 10.3. The molecule has 2 aromatic rings. The van der Waals surface area contributed by atoms with Gasteiger partial charge in [-0.05, 0) is 18.6 Å². The Bertz CT molecular complexity index is 728. The molecule has 0 aliphatic rings. The number of aromatic nitrogens is 3. The van der Waals surface area contributed by atoms with Crippen LogP contribution in [0.15, 0.2) is 40.1 Å². The summed E-state index contributed by atoms with van der Waals surface area (Å²) in [6.07, 6.45) is 2.66. The summed E-state index contributed by atoms with van der Waals surface area (Å²) in [6.45, 7) is 11.7. The molecule has 0 amide bonds. The molecular formula is C19H30BrIN6. The summed E-state index contributed by atoms with van der Waals surface area (Å²) in [7, 11) is 0. The molecule has 2 rings (SSSR count). The van der Waals surface area contributed by atoms with Crippen molar-refractivity contribution in [2.75, 3.05) is 19.6 Å². The number of nitrogens with zero attached hydrogens (tertiary/aromatic N) is 4. The molecule has 8 heteroatoms. The number of nitrogens with one attached hydrogen (secondary N) is 2. The molecule has 1 aromatic heterocycles. The normalized spacial score (nSPS) is 11.8. The highest BCUT2D eigenvalue weighted by atomic mass is 127. The van der Waals surface area contributed by atoms with Gasteiger partial charge in [0, 0.05) is 35.9 Å². The number of hydrogen-bond acceptors (Lipinski definition) is 3. The largest absolute Gasteiger partial charge is 0.357 e. The third kappa shape index (κ3) is 7.06. The smallest absolute Gasteiger partial charge is 0.191 e. The van der Waals surface area contributed by atoms with Crippen LogP contribution >= 0.6 is 39.9 Å². The summed E-state index contributed by atoms with van der Waals surface area (Å²) >= 11 is 3.65. The van der Waals surface area contributed by atoms with Gasteiger partial charge in [-0.3, -0.25) is 4.99 Å². The number of benzene rings is 1. The summed E-state index contributed by atoms with van der Waals surface area (Å²) in [5, 5.41) is 14.8. The van der Waals surface area contributed by atoms with Crippen molar-refractivity contribution in [1.82, 2.24) is 25.4 Å². The molecule has 27 heavy (non-hydrogen) atoms. The zero-order chi connectivity index (χ0) is 19.0. The van der Waals surface area contributed by atoms with Crippen molar-refractivity contribution in [3.63, 3.8) is 0 Å². The standard InChI is InChI=1S/C19H29BrN6.HI/c1-5-17-25-24-14-26(17)12-11-22-18(21-6-2)23-13-19(3,4)15-9-7-8-10-16(15)20;/h7-10,14H,5-6,11-13H2,1-4H3,(H2,21,22,23);1H. The van der Waals surface area contributed by atoms with Crippen LogP contribution < -0.4 is 10.6 Å². The highest BCUT2D eigenvalue weighted by Gasteiger charge is 2.22. The van der Waals surface area contributed by atoms with Crippen LogP contribution in [0.4, 0.5) is 0 Å². The molecule has 2 N–H and O–H groups in total. The van der Waals surface area contributed by atoms with E-state index >= 15 is 0 Å². The average molecular weight is 549 g/mol. The maximum Gasteiger partial charge on any atom is 0.191 e. The van der Waals surface area contributed by atoms with Gasteiger partial charge in [-0.25, -0.2) is 0 Å². The van der Waals surface area contributed by atoms with E-state index in [1.165, 1.54) is 5.56 Å². The molecule has 0 atom stereocenters. The van der Waals surface area contributed by atoms with E-state index in [1.807, 2.05) is 6.07 Å². The molecule has 0 bridgehead atoms. The summed E-state index contributed by atoms with van der Waals surface area (Å²) in [5.74, 6) is 1.84. The summed E-state index contributed by atoms with van der Waals surface area (Å²) < 4.78 is 3.19. The summed E-state index contributed by atoms with van der Waals surface area (Å²) in [6, 6.07) is 8.33. The van der Waals surface area contributed by atoms with Crippen LogP contribution in [0, 0.1) is 0 Å². The number of guanidine groups is 1. The van der Waals surface area contributed by atoms with Gasteiger partial charge in [0.1, 0.15) is 12.2 Å². The van der Waals surface area contributed by atoms with Gasteiger partial charge in [0.25, 0.3) is 0 Å². The molecule has 1 heterocycles. The average Bonchev–Trinajstić information content (AvgIpc) is 3.07. The molecule has 0 saturated heterocycles. The molecule has 0 radical (unpaired) electrons. The number of aryl methyl sites for hydroxylation is 1. The minimum absolute atomic E-state index is 0. The van der Waals surface area contributed by atoms with Crippen molar-refractivity contribution in [1.29, 1.82) is 0 Å². The Labute approximate surface area is 187 Å². The lowest BCUT2D eigenvalue weighted by Gasteiger charge is -2.25. The zero-order valence-corrected chi connectivity index (χ0v) is 20.4. The monoisotopic (exact) mass is 548 g/mol. The predicted molar refractivity (Wildman–Crippen MR) is 126 cm³/mol. The van der Waals surface area contributed by atoms with E-state index in [1.54, 1.807) is 6.33 Å². The lowest BCUT2D eigenvalue weighted by molar-refractivity contribution is 0.534. The first-order valence-corrected chi connectivity index (χ1v) is 9.91. The molecule has 0 aliphatic carbocycles. The SMILES string of the molecule is CCNC(=NCC(C)(C)c1ccccc1Br)NCCn1cnnc1CC.I. The third-order valence-electron chi connectivity index (χ3n) is 4.24. The second-order valence-corrected chi connectivity index (χ2v) is 7.63. The number of aliphatic imine (C=N–C) groups is 1. The first-order chi connectivity index (χ1) is 12.5. The Morgan fingerprint density at radius 2 is 1.96 bits per heavy atom. The van der Waals surface area contributed by atoms with Gasteiger partial charge in [-0.1, -0.05) is 54.9 Å². The van der Waals surface area contributed by atoms with E-state index in [2.05, 4.69) is 87.2 Å². The number of hydrogen-bond donors (Lipinski definition) is 2. The first-order valence-electron chi connectivity index (χ1n) is 9.11. The lowest BCUT2D eigenvalue weighted by Crippen LogP contribution is -2.40. The van der Waals surface area contributed by atoms with Crippen molar-refractivity contribution < 1.29 is 0 Å². The van der Waals surface area contributed by atoms with Crippen molar-refractivity contribution in [2.24, 2.45) is 4.99 Å². The van der Waals surface area contributed by atoms with E-state index < -0.39 is 0 Å². The second-order valence-electron chi connectivity index (χ2n) is 6.78. The van der Waals surface area contributed by atoms with Gasteiger partial charge in [0.2, 0.25) is 0 Å². The molecule has 0 aliphatic heterocycles. The molecule has 0 unspecified atom stereocenters. The Balaban J connectivity index is 0.00000364. The minimum Gasteiger partial charge on any atom is -0.357 e. The van der Waals surface area contributed by atoms with Gasteiger partial charge in [-0.2, -0.15) is 0 Å². The van der Waals surface area contributed by atoms with Gasteiger partial charge in [-0.15, -0.1) is 34.2 Å². The van der Waals surface area contributed by atoms with Gasteiger partial charge in [0.05, 0.1) is 6.54 Å². The zero-order valence-electron chi connectivity index (χ0n) is 16.5. The van der Waals surface area contributed by atoms with Crippen molar-refractivity contribution in [2.45, 2.75) is 46.1 Å². The fourth-order valence-corrected chi connectivity index (χ4v) is 3.57. The minimum atomic E-state index is -0.0634. The molecule has 0 fully saturated rings. The van der Waals surface area contributed by atoms with E-state index in [0.29, 0.717) is 6.54 Å². The Hall–Kier alpha value is -1.16. The van der Waals surface area contributed by atoms with Crippen LogP contribution in [0.2, 0.25) is 0 Å². The van der Waals surface area contributed by atoms with Crippen LogP contribution in [0.3, 0.4) is 0 Å². The first kappa shape index (κ1) is 23.9. The molecule has 0 spiro atoms. The van der Waals surface area contributed by atoms with Crippen LogP contribution in [-0.2, 0) is 18.4 Å². The third-order valence-corrected chi connectivity index (χ3v) is 4.93. The highest BCUT2D eigenvalue weighted by Crippen LogP contribution is 2.30. The Morgan fingerprint density at radius 1 is 1.22 bits per heavy atom. The fraction of sp³-hybridized carbons (Fsp3) is 0.526. The molecule has 1 aromatic carbocycles. The fourth-order valence-electron chi connectivity index (χ4n) is 2.75. The van der Waals surface area contributed by atoms with E-state index in [-0.39, 0.29) is 29.4 Å². The van der Waals surface area contributed by atoms with Crippen molar-refractivity contribution in [3.8, 4) is 0 Å². The van der Waals surface area contributed by atoms with E-state index in [9.17, 15) is 0 Å². The number of halogens is 2. The lowest BCUT2D eigenvalue weighted by atomic mass is 9.85. The molecule has 150 valence electrons. The van der Waals surface area contributed by atoms with E-state index in [4.69, 9.17) is 4.99 Å². The van der Waals surface area contributed by atoms with Crippen LogP contribution in [0.1, 0.15) is 39.1 Å². The summed E-state index contributed by atoms with van der Waals surface area (Å²) in [4.78, 5) is 4.80. The second kappa shape index (κ2) is 11.6. The highest BCUT2D eigenvalue weighted by molar-refractivity contribution is 14.0. The Morgan fingerprint density at radius 3 is 2.63 bits per heavy atom. The number of rotatable bonds is 8.